The van der Waals surface area contributed by atoms with Crippen molar-refractivity contribution in [1.82, 2.24) is 15.2 Å². The summed E-state index contributed by atoms with van der Waals surface area (Å²) in [5.41, 5.74) is 1.21. The highest BCUT2D eigenvalue weighted by molar-refractivity contribution is 7.09. The standard InChI is InChI=1S/C12H21N3S/c1-9(15(2)3)6-13-7-11-8-16-12(14-11)10-4-5-10/h8-10,13H,4-7H2,1-3H3. The molecule has 16 heavy (non-hydrogen) atoms. The van der Waals surface area contributed by atoms with Crippen molar-refractivity contribution >= 4 is 11.3 Å². The van der Waals surface area contributed by atoms with E-state index in [1.165, 1.54) is 23.5 Å². The minimum Gasteiger partial charge on any atom is -0.310 e. The topological polar surface area (TPSA) is 28.2 Å². The van der Waals surface area contributed by atoms with Crippen LogP contribution < -0.4 is 5.32 Å². The molecule has 0 radical (unpaired) electrons. The highest BCUT2D eigenvalue weighted by Gasteiger charge is 2.26. The van der Waals surface area contributed by atoms with E-state index in [1.807, 2.05) is 11.3 Å². The summed E-state index contributed by atoms with van der Waals surface area (Å²) in [6.45, 7) is 4.15. The molecule has 0 saturated heterocycles. The minimum atomic E-state index is 0.571. The van der Waals surface area contributed by atoms with Gasteiger partial charge in [0.05, 0.1) is 10.7 Å². The molecule has 3 nitrogen and oxygen atoms in total. The van der Waals surface area contributed by atoms with E-state index in [0.29, 0.717) is 6.04 Å². The third-order valence-electron chi connectivity index (χ3n) is 3.12. The second kappa shape index (κ2) is 5.25. The minimum absolute atomic E-state index is 0.571. The summed E-state index contributed by atoms with van der Waals surface area (Å²) in [7, 11) is 4.22. The molecular formula is C12H21N3S. The number of thiazole rings is 1. The highest BCUT2D eigenvalue weighted by Crippen LogP contribution is 2.41. The molecule has 0 spiro atoms. The summed E-state index contributed by atoms with van der Waals surface area (Å²) in [4.78, 5) is 6.88. The van der Waals surface area contributed by atoms with Crippen LogP contribution in [0.3, 0.4) is 0 Å². The van der Waals surface area contributed by atoms with Crippen molar-refractivity contribution in [2.24, 2.45) is 0 Å². The predicted molar refractivity (Wildman–Crippen MR) is 68.9 cm³/mol. The Bertz CT molecular complexity index is 331. The van der Waals surface area contributed by atoms with Gasteiger partial charge in [0.15, 0.2) is 0 Å². The van der Waals surface area contributed by atoms with Crippen LogP contribution in [0.25, 0.3) is 0 Å². The van der Waals surface area contributed by atoms with Crippen LogP contribution in [0.1, 0.15) is 36.4 Å². The Morgan fingerprint density at radius 1 is 1.56 bits per heavy atom. The van der Waals surface area contributed by atoms with Crippen LogP contribution in [0, 0.1) is 0 Å². The number of nitrogens with one attached hydrogen (secondary N) is 1. The lowest BCUT2D eigenvalue weighted by Crippen LogP contribution is -2.35. The molecule has 1 fully saturated rings. The van der Waals surface area contributed by atoms with Gasteiger partial charge in [-0.05, 0) is 33.9 Å². The first-order chi connectivity index (χ1) is 7.66. The molecule has 1 aliphatic carbocycles. The molecule has 1 unspecified atom stereocenters. The molecule has 2 rings (SSSR count). The van der Waals surface area contributed by atoms with Crippen molar-refractivity contribution in [3.63, 3.8) is 0 Å². The molecule has 1 heterocycles. The van der Waals surface area contributed by atoms with E-state index in [9.17, 15) is 0 Å². The van der Waals surface area contributed by atoms with Crippen molar-refractivity contribution in [3.05, 3.63) is 16.1 Å². The summed E-state index contributed by atoms with van der Waals surface area (Å²) in [5, 5.41) is 7.00. The van der Waals surface area contributed by atoms with Crippen LogP contribution in [0.4, 0.5) is 0 Å². The molecular weight excluding hydrogens is 218 g/mol. The maximum Gasteiger partial charge on any atom is 0.0959 e. The molecule has 1 N–H and O–H groups in total. The summed E-state index contributed by atoms with van der Waals surface area (Å²) in [6, 6.07) is 0.571. The Labute approximate surface area is 102 Å². The average Bonchev–Trinajstić information content (AvgIpc) is 2.99. The number of hydrogen-bond acceptors (Lipinski definition) is 4. The third-order valence-corrected chi connectivity index (χ3v) is 4.18. The second-order valence-electron chi connectivity index (χ2n) is 4.89. The summed E-state index contributed by atoms with van der Waals surface area (Å²) < 4.78 is 0. The number of rotatable bonds is 6. The van der Waals surface area contributed by atoms with Gasteiger partial charge in [-0.1, -0.05) is 0 Å². The molecule has 1 atom stereocenters. The Kier molecular flexibility index (Phi) is 3.95. The Morgan fingerprint density at radius 2 is 2.31 bits per heavy atom. The largest absolute Gasteiger partial charge is 0.310 e. The molecule has 0 amide bonds. The Balaban J connectivity index is 1.72. The first-order valence-electron chi connectivity index (χ1n) is 5.98. The van der Waals surface area contributed by atoms with E-state index >= 15 is 0 Å². The van der Waals surface area contributed by atoms with Gasteiger partial charge in [0, 0.05) is 30.4 Å². The van der Waals surface area contributed by atoms with Gasteiger partial charge < -0.3 is 10.2 Å². The van der Waals surface area contributed by atoms with Crippen LogP contribution in [-0.2, 0) is 6.54 Å². The van der Waals surface area contributed by atoms with E-state index in [0.717, 1.165) is 19.0 Å². The Morgan fingerprint density at radius 3 is 2.94 bits per heavy atom. The van der Waals surface area contributed by atoms with Gasteiger partial charge >= 0.3 is 0 Å². The van der Waals surface area contributed by atoms with E-state index in [4.69, 9.17) is 0 Å². The van der Waals surface area contributed by atoms with Gasteiger partial charge in [-0.25, -0.2) is 4.98 Å². The van der Waals surface area contributed by atoms with Crippen LogP contribution in [0.2, 0.25) is 0 Å². The smallest absolute Gasteiger partial charge is 0.0959 e. The zero-order valence-electron chi connectivity index (χ0n) is 10.4. The highest BCUT2D eigenvalue weighted by atomic mass is 32.1. The van der Waals surface area contributed by atoms with E-state index in [2.05, 4.69) is 41.6 Å². The molecule has 1 aromatic rings. The molecule has 0 aliphatic heterocycles. The van der Waals surface area contributed by atoms with E-state index < -0.39 is 0 Å². The predicted octanol–water partition coefficient (Wildman–Crippen LogP) is 2.06. The van der Waals surface area contributed by atoms with Gasteiger partial charge in [0.2, 0.25) is 0 Å². The van der Waals surface area contributed by atoms with Gasteiger partial charge in [-0.15, -0.1) is 11.3 Å². The first-order valence-corrected chi connectivity index (χ1v) is 6.86. The normalized spacial score (nSPS) is 18.0. The van der Waals surface area contributed by atoms with Crippen molar-refractivity contribution in [2.75, 3.05) is 20.6 Å². The molecule has 1 aromatic heterocycles. The van der Waals surface area contributed by atoms with Crippen molar-refractivity contribution in [1.29, 1.82) is 0 Å². The van der Waals surface area contributed by atoms with Gasteiger partial charge in [-0.3, -0.25) is 0 Å². The molecule has 1 aliphatic rings. The zero-order chi connectivity index (χ0) is 11.5. The zero-order valence-corrected chi connectivity index (χ0v) is 11.2. The summed E-state index contributed by atoms with van der Waals surface area (Å²) in [6.07, 6.45) is 2.69. The third kappa shape index (κ3) is 3.27. The molecule has 4 heteroatoms. The number of likely N-dealkylation sites (N-methyl/N-ethyl adjacent to an activating group) is 1. The van der Waals surface area contributed by atoms with E-state index in [-0.39, 0.29) is 0 Å². The van der Waals surface area contributed by atoms with Crippen LogP contribution in [-0.4, -0.2) is 36.6 Å². The quantitative estimate of drug-likeness (QED) is 0.823. The van der Waals surface area contributed by atoms with E-state index in [1.54, 1.807) is 0 Å². The molecule has 0 bridgehead atoms. The number of aromatic nitrogens is 1. The van der Waals surface area contributed by atoms with Crippen molar-refractivity contribution < 1.29 is 0 Å². The van der Waals surface area contributed by atoms with Crippen molar-refractivity contribution in [2.45, 2.75) is 38.3 Å². The first kappa shape index (κ1) is 12.0. The summed E-state index contributed by atoms with van der Waals surface area (Å²) >= 11 is 1.82. The van der Waals surface area contributed by atoms with Gasteiger partial charge in [0.25, 0.3) is 0 Å². The monoisotopic (exact) mass is 239 g/mol. The number of nitrogens with zero attached hydrogens (tertiary/aromatic N) is 2. The Hall–Kier alpha value is -0.450. The lowest BCUT2D eigenvalue weighted by molar-refractivity contribution is 0.302. The van der Waals surface area contributed by atoms with Crippen molar-refractivity contribution in [3.8, 4) is 0 Å². The fourth-order valence-electron chi connectivity index (χ4n) is 1.51. The van der Waals surface area contributed by atoms with Crippen LogP contribution in [0.5, 0.6) is 0 Å². The average molecular weight is 239 g/mol. The fourth-order valence-corrected chi connectivity index (χ4v) is 2.50. The molecule has 90 valence electrons. The second-order valence-corrected chi connectivity index (χ2v) is 5.78. The van der Waals surface area contributed by atoms with Crippen LogP contribution in [0.15, 0.2) is 5.38 Å². The lowest BCUT2D eigenvalue weighted by atomic mass is 10.3. The summed E-state index contributed by atoms with van der Waals surface area (Å²) in [5.74, 6) is 0.791. The lowest BCUT2D eigenvalue weighted by Gasteiger charge is -2.19. The number of hydrogen-bond donors (Lipinski definition) is 1. The maximum atomic E-state index is 4.66. The fraction of sp³-hybridized carbons (Fsp3) is 0.750. The van der Waals surface area contributed by atoms with Gasteiger partial charge in [0.1, 0.15) is 0 Å². The van der Waals surface area contributed by atoms with Crippen LogP contribution >= 0.6 is 11.3 Å². The molecule has 1 saturated carbocycles. The maximum absolute atomic E-state index is 4.66. The van der Waals surface area contributed by atoms with Gasteiger partial charge in [-0.2, -0.15) is 0 Å². The molecule has 0 aromatic carbocycles. The SMILES string of the molecule is CC(CNCc1csc(C2CC2)n1)N(C)C.